The van der Waals surface area contributed by atoms with Gasteiger partial charge in [-0.05, 0) is 18.8 Å². The molecule has 0 aromatic carbocycles. The lowest BCUT2D eigenvalue weighted by Crippen LogP contribution is -2.52. The summed E-state index contributed by atoms with van der Waals surface area (Å²) in [6, 6.07) is 0. The number of carbonyl (C=O) groups excluding carboxylic acids is 1. The molecule has 4 nitrogen and oxygen atoms in total. The zero-order valence-electron chi connectivity index (χ0n) is 10.1. The molecule has 2 fully saturated rings. The Hall–Kier alpha value is -0.900. The number of carboxylic acids is 1. The van der Waals surface area contributed by atoms with Crippen molar-refractivity contribution in [2.24, 2.45) is 11.3 Å². The minimum atomic E-state index is -1.25. The fourth-order valence-electron chi connectivity index (χ4n) is 3.17. The van der Waals surface area contributed by atoms with E-state index in [1.54, 1.807) is 0 Å². The molecule has 1 saturated carbocycles. The highest BCUT2D eigenvalue weighted by Gasteiger charge is 2.53. The molecule has 0 aromatic rings. The van der Waals surface area contributed by atoms with Gasteiger partial charge in [-0.1, -0.05) is 25.7 Å². The van der Waals surface area contributed by atoms with Crippen molar-refractivity contribution in [3.63, 3.8) is 0 Å². The van der Waals surface area contributed by atoms with Gasteiger partial charge in [0.1, 0.15) is 0 Å². The predicted molar refractivity (Wildman–Crippen MR) is 61.7 cm³/mol. The van der Waals surface area contributed by atoms with Crippen LogP contribution in [0, 0.1) is 11.3 Å². The average molecular weight is 240 g/mol. The molecule has 0 spiro atoms. The van der Waals surface area contributed by atoms with Crippen molar-refractivity contribution >= 4 is 11.8 Å². The molecule has 1 aliphatic carbocycles. The number of Topliss-reactive ketones (excluding diaryl/α,β-unsaturated/α-hetero) is 1. The van der Waals surface area contributed by atoms with Crippen molar-refractivity contribution in [3.05, 3.63) is 0 Å². The Bertz CT molecular complexity index is 305. The molecule has 2 rings (SSSR count). The second kappa shape index (κ2) is 5.17. The normalized spacial score (nSPS) is 32.1. The Morgan fingerprint density at radius 2 is 1.88 bits per heavy atom. The van der Waals surface area contributed by atoms with Crippen molar-refractivity contribution in [3.8, 4) is 0 Å². The van der Waals surface area contributed by atoms with Crippen molar-refractivity contribution in [1.29, 1.82) is 0 Å². The van der Waals surface area contributed by atoms with Crippen LogP contribution in [0.5, 0.6) is 0 Å². The average Bonchev–Trinajstić information content (AvgIpc) is 2.58. The Morgan fingerprint density at radius 3 is 2.41 bits per heavy atom. The third-order valence-electron chi connectivity index (χ3n) is 4.23. The molecule has 0 bridgehead atoms. The van der Waals surface area contributed by atoms with Crippen LogP contribution in [-0.2, 0) is 14.3 Å². The predicted octanol–water partition coefficient (Wildman–Crippen LogP) is 2.02. The van der Waals surface area contributed by atoms with Gasteiger partial charge < -0.3 is 9.84 Å². The summed E-state index contributed by atoms with van der Waals surface area (Å²) in [7, 11) is 0. The van der Waals surface area contributed by atoms with Gasteiger partial charge >= 0.3 is 5.97 Å². The van der Waals surface area contributed by atoms with Crippen molar-refractivity contribution in [2.45, 2.75) is 44.9 Å². The van der Waals surface area contributed by atoms with Gasteiger partial charge in [0, 0.05) is 6.42 Å². The fraction of sp³-hybridized carbons (Fsp3) is 0.846. The summed E-state index contributed by atoms with van der Waals surface area (Å²) in [5.41, 5.74) is -1.25. The van der Waals surface area contributed by atoms with Crippen LogP contribution in [0.1, 0.15) is 44.9 Å². The van der Waals surface area contributed by atoms with Crippen LogP contribution >= 0.6 is 0 Å². The summed E-state index contributed by atoms with van der Waals surface area (Å²) in [5, 5.41) is 9.50. The van der Waals surface area contributed by atoms with Crippen molar-refractivity contribution in [2.75, 3.05) is 13.2 Å². The fourth-order valence-corrected chi connectivity index (χ4v) is 3.17. The first kappa shape index (κ1) is 12.6. The Labute approximate surface area is 101 Å². The zero-order valence-corrected chi connectivity index (χ0v) is 10.1. The van der Waals surface area contributed by atoms with Gasteiger partial charge in [0.2, 0.25) is 0 Å². The third-order valence-corrected chi connectivity index (χ3v) is 4.23. The first-order chi connectivity index (χ1) is 8.18. The first-order valence-electron chi connectivity index (χ1n) is 6.52. The van der Waals surface area contributed by atoms with E-state index in [1.165, 1.54) is 0 Å². The number of hydrogen-bond acceptors (Lipinski definition) is 3. The van der Waals surface area contributed by atoms with E-state index < -0.39 is 11.4 Å². The lowest BCUT2D eigenvalue weighted by atomic mass is 9.68. The van der Waals surface area contributed by atoms with E-state index in [-0.39, 0.29) is 24.7 Å². The molecule has 17 heavy (non-hydrogen) atoms. The lowest BCUT2D eigenvalue weighted by molar-refractivity contribution is -0.170. The van der Waals surface area contributed by atoms with Crippen LogP contribution < -0.4 is 0 Å². The zero-order chi connectivity index (χ0) is 12.3. The lowest BCUT2D eigenvalue weighted by Gasteiger charge is -2.38. The van der Waals surface area contributed by atoms with Gasteiger partial charge in [0.05, 0.1) is 13.2 Å². The summed E-state index contributed by atoms with van der Waals surface area (Å²) in [5.74, 6) is -1.13. The van der Waals surface area contributed by atoms with Crippen LogP contribution in [0.3, 0.4) is 0 Å². The number of carbonyl (C=O) groups is 2. The van der Waals surface area contributed by atoms with Crippen LogP contribution in [0.4, 0.5) is 0 Å². The van der Waals surface area contributed by atoms with E-state index in [0.29, 0.717) is 6.61 Å². The first-order valence-corrected chi connectivity index (χ1v) is 6.52. The third kappa shape index (κ3) is 2.23. The number of ether oxygens (including phenoxy) is 1. The number of rotatable bonds is 2. The molecule has 1 unspecified atom stereocenters. The van der Waals surface area contributed by atoms with E-state index in [1.807, 2.05) is 0 Å². The Balaban J connectivity index is 2.25. The van der Waals surface area contributed by atoms with Gasteiger partial charge in [0.25, 0.3) is 0 Å². The molecule has 1 atom stereocenters. The number of ketones is 1. The number of carboxylic acid groups (broad SMARTS) is 1. The van der Waals surface area contributed by atoms with Crippen molar-refractivity contribution < 1.29 is 19.4 Å². The maximum Gasteiger partial charge on any atom is 0.319 e. The highest BCUT2D eigenvalue weighted by atomic mass is 16.5. The molecular weight excluding hydrogens is 220 g/mol. The van der Waals surface area contributed by atoms with Gasteiger partial charge in [-0.15, -0.1) is 0 Å². The topological polar surface area (TPSA) is 63.6 Å². The van der Waals surface area contributed by atoms with Gasteiger partial charge in [0.15, 0.2) is 11.2 Å². The van der Waals surface area contributed by atoms with E-state index in [9.17, 15) is 14.7 Å². The summed E-state index contributed by atoms with van der Waals surface area (Å²) in [4.78, 5) is 23.7. The molecular formula is C13H20O4. The summed E-state index contributed by atoms with van der Waals surface area (Å²) >= 11 is 0. The summed E-state index contributed by atoms with van der Waals surface area (Å²) < 4.78 is 5.31. The molecule has 96 valence electrons. The molecule has 1 aliphatic heterocycles. The SMILES string of the molecule is O=C(O)C1(C2CCCCCC2)COCCC1=O. The smallest absolute Gasteiger partial charge is 0.319 e. The second-order valence-electron chi connectivity index (χ2n) is 5.19. The largest absolute Gasteiger partial charge is 0.480 e. The Morgan fingerprint density at radius 1 is 1.24 bits per heavy atom. The molecule has 1 N–H and O–H groups in total. The van der Waals surface area contributed by atoms with Crippen LogP contribution in [-0.4, -0.2) is 30.1 Å². The maximum atomic E-state index is 12.1. The minimum Gasteiger partial charge on any atom is -0.480 e. The molecule has 2 aliphatic rings. The molecule has 1 heterocycles. The van der Waals surface area contributed by atoms with Crippen LogP contribution in [0.2, 0.25) is 0 Å². The summed E-state index contributed by atoms with van der Waals surface area (Å²) in [6.45, 7) is 0.451. The van der Waals surface area contributed by atoms with E-state index in [0.717, 1.165) is 38.5 Å². The quantitative estimate of drug-likeness (QED) is 0.592. The monoisotopic (exact) mass is 240 g/mol. The molecule has 4 heteroatoms. The number of hydrogen-bond donors (Lipinski definition) is 1. The van der Waals surface area contributed by atoms with Crippen LogP contribution in [0.25, 0.3) is 0 Å². The van der Waals surface area contributed by atoms with Gasteiger partial charge in [-0.2, -0.15) is 0 Å². The van der Waals surface area contributed by atoms with Crippen molar-refractivity contribution in [1.82, 2.24) is 0 Å². The highest BCUT2D eigenvalue weighted by molar-refractivity contribution is 6.04. The van der Waals surface area contributed by atoms with Gasteiger partial charge in [-0.25, -0.2) is 0 Å². The highest BCUT2D eigenvalue weighted by Crippen LogP contribution is 2.41. The molecule has 0 radical (unpaired) electrons. The minimum absolute atomic E-state index is 0.0321. The second-order valence-corrected chi connectivity index (χ2v) is 5.19. The molecule has 0 amide bonds. The van der Waals surface area contributed by atoms with Gasteiger partial charge in [-0.3, -0.25) is 9.59 Å². The molecule has 0 aromatic heterocycles. The van der Waals surface area contributed by atoms with E-state index in [4.69, 9.17) is 4.74 Å². The van der Waals surface area contributed by atoms with E-state index >= 15 is 0 Å². The Kier molecular flexibility index (Phi) is 3.82. The summed E-state index contributed by atoms with van der Waals surface area (Å²) in [6.07, 6.45) is 6.33. The van der Waals surface area contributed by atoms with E-state index in [2.05, 4.69) is 0 Å². The van der Waals surface area contributed by atoms with Crippen LogP contribution in [0.15, 0.2) is 0 Å². The number of aliphatic carboxylic acids is 1. The molecule has 1 saturated heterocycles. The maximum absolute atomic E-state index is 12.1. The standard InChI is InChI=1S/C13H20O4/c14-11-7-8-17-9-13(11,12(15)16)10-5-3-1-2-4-6-10/h10H,1-9H2,(H,15,16).